The molecular formula is C18H23N3O4S2. The summed E-state index contributed by atoms with van der Waals surface area (Å²) in [6.07, 6.45) is 0. The van der Waals surface area contributed by atoms with Crippen molar-refractivity contribution in [3.05, 3.63) is 48.0 Å². The van der Waals surface area contributed by atoms with Gasteiger partial charge in [-0.15, -0.1) is 0 Å². The summed E-state index contributed by atoms with van der Waals surface area (Å²) in [7, 11) is -0.722. The maximum Gasteiger partial charge on any atom is 0.262 e. The van der Waals surface area contributed by atoms with Crippen molar-refractivity contribution in [3.63, 3.8) is 0 Å². The number of ether oxygens (including phenoxy) is 2. The molecule has 0 heterocycles. The van der Waals surface area contributed by atoms with Gasteiger partial charge in [-0.2, -0.15) is 0 Å². The first-order valence-corrected chi connectivity index (χ1v) is 10.1. The molecule has 2 rings (SSSR count). The largest absolute Gasteiger partial charge is 0.495 e. The number of aryl methyl sites for hydroxylation is 1. The number of nitrogens with one attached hydrogen (secondary N) is 3. The Hall–Kier alpha value is -2.36. The lowest BCUT2D eigenvalue weighted by molar-refractivity contribution is 0.204. The van der Waals surface area contributed by atoms with Gasteiger partial charge in [-0.25, -0.2) is 8.42 Å². The fourth-order valence-electron chi connectivity index (χ4n) is 2.34. The lowest BCUT2D eigenvalue weighted by Gasteiger charge is -2.15. The number of anilines is 2. The van der Waals surface area contributed by atoms with Crippen LogP contribution in [-0.4, -0.2) is 40.9 Å². The van der Waals surface area contributed by atoms with E-state index in [1.54, 1.807) is 50.4 Å². The summed E-state index contributed by atoms with van der Waals surface area (Å²) in [6.45, 7) is 2.79. The minimum absolute atomic E-state index is 0.151. The number of rotatable bonds is 8. The Morgan fingerprint density at radius 2 is 1.89 bits per heavy atom. The molecule has 2 aromatic carbocycles. The second-order valence-electron chi connectivity index (χ2n) is 5.66. The van der Waals surface area contributed by atoms with Crippen LogP contribution in [0, 0.1) is 6.92 Å². The summed E-state index contributed by atoms with van der Waals surface area (Å²) in [5, 5.41) is 6.33. The molecule has 0 radical (unpaired) electrons. The summed E-state index contributed by atoms with van der Waals surface area (Å²) in [6, 6.07) is 11.9. The van der Waals surface area contributed by atoms with Crippen molar-refractivity contribution in [1.82, 2.24) is 5.32 Å². The molecule has 2 aromatic rings. The molecule has 0 fully saturated rings. The van der Waals surface area contributed by atoms with Crippen molar-refractivity contribution in [1.29, 1.82) is 0 Å². The van der Waals surface area contributed by atoms with Gasteiger partial charge in [-0.1, -0.05) is 18.2 Å². The predicted molar refractivity (Wildman–Crippen MR) is 111 cm³/mol. The number of hydrogen-bond donors (Lipinski definition) is 3. The third-order valence-electron chi connectivity index (χ3n) is 3.68. The van der Waals surface area contributed by atoms with E-state index in [1.807, 2.05) is 0 Å². The van der Waals surface area contributed by atoms with Crippen molar-refractivity contribution in [2.75, 3.05) is 37.4 Å². The van der Waals surface area contributed by atoms with Gasteiger partial charge in [0, 0.05) is 19.3 Å². The van der Waals surface area contributed by atoms with Gasteiger partial charge >= 0.3 is 0 Å². The highest BCUT2D eigenvalue weighted by Gasteiger charge is 2.19. The molecule has 146 valence electrons. The number of para-hydroxylation sites is 2. The standard InChI is InChI=1S/C18H23N3O4S2/c1-13-8-9-14(20-18(26)19-10-11-24-2)12-17(13)27(22,23)21-15-6-4-5-7-16(15)25-3/h4-9,12,21H,10-11H2,1-3H3,(H2,19,20,26). The number of hydrogen-bond acceptors (Lipinski definition) is 5. The predicted octanol–water partition coefficient (Wildman–Crippen LogP) is 2.74. The molecule has 0 bridgehead atoms. The highest BCUT2D eigenvalue weighted by Crippen LogP contribution is 2.28. The van der Waals surface area contributed by atoms with Gasteiger partial charge in [0.05, 0.1) is 24.3 Å². The first-order valence-electron chi connectivity index (χ1n) is 8.17. The Balaban J connectivity index is 2.22. The molecule has 0 amide bonds. The average molecular weight is 410 g/mol. The fraction of sp³-hybridized carbons (Fsp3) is 0.278. The monoisotopic (exact) mass is 409 g/mol. The summed E-state index contributed by atoms with van der Waals surface area (Å²) >= 11 is 5.20. The Labute approximate surface area is 165 Å². The highest BCUT2D eigenvalue weighted by atomic mass is 32.2. The van der Waals surface area contributed by atoms with Crippen molar-refractivity contribution >= 4 is 38.7 Å². The molecular weight excluding hydrogens is 386 g/mol. The van der Waals surface area contributed by atoms with Crippen LogP contribution in [0.1, 0.15) is 5.56 Å². The third kappa shape index (κ3) is 5.81. The Bertz CT molecular complexity index is 901. The van der Waals surface area contributed by atoms with Crippen LogP contribution in [0.3, 0.4) is 0 Å². The van der Waals surface area contributed by atoms with Crippen LogP contribution in [0.25, 0.3) is 0 Å². The van der Waals surface area contributed by atoms with E-state index in [1.165, 1.54) is 13.2 Å². The van der Waals surface area contributed by atoms with E-state index >= 15 is 0 Å². The number of methoxy groups -OCH3 is 2. The van der Waals surface area contributed by atoms with Crippen molar-refractivity contribution in [2.45, 2.75) is 11.8 Å². The van der Waals surface area contributed by atoms with Crippen molar-refractivity contribution in [3.8, 4) is 5.75 Å². The van der Waals surface area contributed by atoms with Crippen LogP contribution < -0.4 is 20.1 Å². The molecule has 0 aliphatic heterocycles. The van der Waals surface area contributed by atoms with Gasteiger partial charge in [0.15, 0.2) is 5.11 Å². The third-order valence-corrected chi connectivity index (χ3v) is 5.43. The van der Waals surface area contributed by atoms with E-state index in [4.69, 9.17) is 21.7 Å². The van der Waals surface area contributed by atoms with Gasteiger partial charge in [0.1, 0.15) is 5.75 Å². The van der Waals surface area contributed by atoms with Crippen LogP contribution in [0.15, 0.2) is 47.4 Å². The molecule has 0 aromatic heterocycles. The molecule has 0 aliphatic carbocycles. The lowest BCUT2D eigenvalue weighted by Crippen LogP contribution is -2.31. The van der Waals surface area contributed by atoms with Crippen molar-refractivity contribution in [2.24, 2.45) is 0 Å². The summed E-state index contributed by atoms with van der Waals surface area (Å²) in [5.41, 5.74) is 1.55. The first-order chi connectivity index (χ1) is 12.9. The normalized spacial score (nSPS) is 10.9. The zero-order valence-electron chi connectivity index (χ0n) is 15.4. The van der Waals surface area contributed by atoms with Gasteiger partial charge in [-0.3, -0.25) is 4.72 Å². The van der Waals surface area contributed by atoms with Crippen LogP contribution in [0.5, 0.6) is 5.75 Å². The van der Waals surface area contributed by atoms with Crippen molar-refractivity contribution < 1.29 is 17.9 Å². The second-order valence-corrected chi connectivity index (χ2v) is 7.72. The minimum atomic E-state index is -3.81. The van der Waals surface area contributed by atoms with Crippen LogP contribution in [0.2, 0.25) is 0 Å². The Kier molecular flexibility index (Phi) is 7.40. The quantitative estimate of drug-likeness (QED) is 0.456. The average Bonchev–Trinajstić information content (AvgIpc) is 2.63. The number of sulfonamides is 1. The zero-order chi connectivity index (χ0) is 19.9. The maximum absolute atomic E-state index is 12.9. The van der Waals surface area contributed by atoms with Gasteiger partial charge in [-0.05, 0) is 49.0 Å². The van der Waals surface area contributed by atoms with E-state index in [2.05, 4.69) is 15.4 Å². The van der Waals surface area contributed by atoms with Crippen LogP contribution in [0.4, 0.5) is 11.4 Å². The Morgan fingerprint density at radius 1 is 1.15 bits per heavy atom. The van der Waals surface area contributed by atoms with E-state index in [0.717, 1.165) is 0 Å². The summed E-state index contributed by atoms with van der Waals surface area (Å²) in [5.74, 6) is 0.441. The van der Waals surface area contributed by atoms with E-state index in [0.29, 0.717) is 41.0 Å². The molecule has 27 heavy (non-hydrogen) atoms. The molecule has 0 spiro atoms. The molecule has 3 N–H and O–H groups in total. The van der Waals surface area contributed by atoms with E-state index in [-0.39, 0.29) is 4.90 Å². The maximum atomic E-state index is 12.9. The molecule has 0 saturated heterocycles. The fourth-order valence-corrected chi connectivity index (χ4v) is 3.90. The molecule has 0 unspecified atom stereocenters. The van der Waals surface area contributed by atoms with Gasteiger partial charge in [0.2, 0.25) is 0 Å². The van der Waals surface area contributed by atoms with Gasteiger partial charge in [0.25, 0.3) is 10.0 Å². The SMILES string of the molecule is COCCNC(=S)Nc1ccc(C)c(S(=O)(=O)Nc2ccccc2OC)c1. The topological polar surface area (TPSA) is 88.7 Å². The molecule has 0 saturated carbocycles. The van der Waals surface area contributed by atoms with Gasteiger partial charge < -0.3 is 20.1 Å². The molecule has 9 heteroatoms. The number of thiocarbonyl (C=S) groups is 1. The zero-order valence-corrected chi connectivity index (χ0v) is 17.0. The molecule has 7 nitrogen and oxygen atoms in total. The highest BCUT2D eigenvalue weighted by molar-refractivity contribution is 7.92. The van der Waals surface area contributed by atoms with Crippen LogP contribution in [-0.2, 0) is 14.8 Å². The number of benzene rings is 2. The smallest absolute Gasteiger partial charge is 0.262 e. The lowest BCUT2D eigenvalue weighted by atomic mass is 10.2. The second kappa shape index (κ2) is 9.54. The van der Waals surface area contributed by atoms with E-state index < -0.39 is 10.0 Å². The minimum Gasteiger partial charge on any atom is -0.495 e. The van der Waals surface area contributed by atoms with E-state index in [9.17, 15) is 8.42 Å². The Morgan fingerprint density at radius 3 is 2.59 bits per heavy atom. The summed E-state index contributed by atoms with van der Waals surface area (Å²) in [4.78, 5) is 0.151. The van der Waals surface area contributed by atoms with Crippen LogP contribution >= 0.6 is 12.2 Å². The summed E-state index contributed by atoms with van der Waals surface area (Å²) < 4.78 is 38.5. The molecule has 0 atom stereocenters. The molecule has 0 aliphatic rings. The first kappa shape index (κ1) is 20.9.